The number of anilines is 1. The molecule has 1 fully saturated rings. The van der Waals surface area contributed by atoms with Crippen molar-refractivity contribution in [2.45, 2.75) is 65.5 Å². The van der Waals surface area contributed by atoms with E-state index in [0.717, 1.165) is 0 Å². The van der Waals surface area contributed by atoms with Gasteiger partial charge in [-0.3, -0.25) is 0 Å². The van der Waals surface area contributed by atoms with Gasteiger partial charge in [0.15, 0.2) is 0 Å². The van der Waals surface area contributed by atoms with Gasteiger partial charge in [-0.05, 0) is 36.8 Å². The van der Waals surface area contributed by atoms with Gasteiger partial charge in [-0.25, -0.2) is 0 Å². The number of hydrogen-bond donors (Lipinski definition) is 0. The molecule has 1 aromatic rings. The smallest absolute Gasteiger partial charge is 0.0466 e. The second-order valence-electron chi connectivity index (χ2n) is 5.98. The van der Waals surface area contributed by atoms with Gasteiger partial charge in [-0.15, -0.1) is 0 Å². The molecule has 1 aliphatic rings. The quantitative estimate of drug-likeness (QED) is 0.691. The largest absolute Gasteiger partial charge is 0.362 e. The first-order chi connectivity index (χ1) is 7.95. The Balaban J connectivity index is 2.51. The van der Waals surface area contributed by atoms with E-state index in [4.69, 9.17) is 0 Å². The van der Waals surface area contributed by atoms with E-state index in [0.29, 0.717) is 23.9 Å². The standard InChI is InChI=1S/C16H25N/c1-10(2)14-8-7-9-15(11(3)4)16(14)17-12(5)13(17)6/h7-13H,1-6H3. The molecule has 0 amide bonds. The van der Waals surface area contributed by atoms with Crippen LogP contribution in [0.5, 0.6) is 0 Å². The van der Waals surface area contributed by atoms with E-state index in [1.807, 2.05) is 0 Å². The molecule has 2 rings (SSSR count). The average molecular weight is 231 g/mol. The van der Waals surface area contributed by atoms with Crippen molar-refractivity contribution in [3.8, 4) is 0 Å². The summed E-state index contributed by atoms with van der Waals surface area (Å²) in [5.41, 5.74) is 4.53. The van der Waals surface area contributed by atoms with Crippen LogP contribution in [-0.2, 0) is 0 Å². The molecule has 0 saturated carbocycles. The minimum Gasteiger partial charge on any atom is -0.362 e. The first-order valence-electron chi connectivity index (χ1n) is 6.86. The zero-order valence-electron chi connectivity index (χ0n) is 12.0. The molecule has 0 aromatic heterocycles. The molecule has 0 aliphatic carbocycles. The monoisotopic (exact) mass is 231 g/mol. The van der Waals surface area contributed by atoms with E-state index in [1.54, 1.807) is 0 Å². The molecule has 2 unspecified atom stereocenters. The van der Waals surface area contributed by atoms with Crippen LogP contribution in [0, 0.1) is 0 Å². The summed E-state index contributed by atoms with van der Waals surface area (Å²) in [6, 6.07) is 8.21. The molecule has 1 aliphatic heterocycles. The minimum atomic E-state index is 0.601. The molecule has 0 spiro atoms. The van der Waals surface area contributed by atoms with E-state index >= 15 is 0 Å². The average Bonchev–Trinajstić information content (AvgIpc) is 2.85. The maximum absolute atomic E-state index is 2.57. The molecule has 0 N–H and O–H groups in total. The van der Waals surface area contributed by atoms with Crippen LogP contribution in [0.4, 0.5) is 5.69 Å². The third kappa shape index (κ3) is 2.08. The number of nitrogens with zero attached hydrogens (tertiary/aromatic N) is 1. The summed E-state index contributed by atoms with van der Waals surface area (Å²) >= 11 is 0. The SMILES string of the molecule is CC(C)c1cccc(C(C)C)c1N1C(C)C1C. The minimum absolute atomic E-state index is 0.601. The third-order valence-electron chi connectivity index (χ3n) is 4.09. The fraction of sp³-hybridized carbons (Fsp3) is 0.625. The van der Waals surface area contributed by atoms with Gasteiger partial charge >= 0.3 is 0 Å². The summed E-state index contributed by atoms with van der Waals surface area (Å²) < 4.78 is 0. The van der Waals surface area contributed by atoms with Gasteiger partial charge in [0.1, 0.15) is 0 Å². The summed E-state index contributed by atoms with van der Waals surface area (Å²) in [5, 5.41) is 0. The zero-order chi connectivity index (χ0) is 12.7. The van der Waals surface area contributed by atoms with Gasteiger partial charge in [0.05, 0.1) is 0 Å². The second kappa shape index (κ2) is 4.36. The molecule has 1 heteroatoms. The molecule has 1 saturated heterocycles. The predicted molar refractivity (Wildman–Crippen MR) is 76.0 cm³/mol. The van der Waals surface area contributed by atoms with E-state index in [2.05, 4.69) is 64.6 Å². The Kier molecular flexibility index (Phi) is 3.20. The Hall–Kier alpha value is -0.980. The van der Waals surface area contributed by atoms with Crippen molar-refractivity contribution >= 4 is 5.69 Å². The van der Waals surface area contributed by atoms with Gasteiger partial charge in [-0.2, -0.15) is 0 Å². The molecule has 2 atom stereocenters. The lowest BCUT2D eigenvalue weighted by Gasteiger charge is -2.21. The molecular formula is C16H25N. The lowest BCUT2D eigenvalue weighted by molar-refractivity contribution is 0.828. The number of hydrogen-bond acceptors (Lipinski definition) is 1. The Morgan fingerprint density at radius 2 is 1.29 bits per heavy atom. The van der Waals surface area contributed by atoms with Gasteiger partial charge in [0, 0.05) is 17.8 Å². The van der Waals surface area contributed by atoms with E-state index < -0.39 is 0 Å². The van der Waals surface area contributed by atoms with Crippen LogP contribution in [0.1, 0.15) is 64.5 Å². The predicted octanol–water partition coefficient (Wildman–Crippen LogP) is 4.53. The third-order valence-corrected chi connectivity index (χ3v) is 4.09. The summed E-state index contributed by atoms with van der Waals surface area (Å²) in [4.78, 5) is 2.57. The Morgan fingerprint density at radius 1 is 0.882 bits per heavy atom. The zero-order valence-corrected chi connectivity index (χ0v) is 12.0. The van der Waals surface area contributed by atoms with Gasteiger partial charge in [0.25, 0.3) is 0 Å². The molecule has 1 aromatic carbocycles. The van der Waals surface area contributed by atoms with Crippen LogP contribution in [0.3, 0.4) is 0 Å². The number of para-hydroxylation sites is 1. The summed E-state index contributed by atoms with van der Waals surface area (Å²) in [6.45, 7) is 13.8. The highest BCUT2D eigenvalue weighted by Gasteiger charge is 2.42. The van der Waals surface area contributed by atoms with Crippen molar-refractivity contribution in [1.29, 1.82) is 0 Å². The molecule has 17 heavy (non-hydrogen) atoms. The number of rotatable bonds is 3. The maximum Gasteiger partial charge on any atom is 0.0466 e. The molecular weight excluding hydrogens is 206 g/mol. The van der Waals surface area contributed by atoms with Crippen molar-refractivity contribution in [2.75, 3.05) is 4.90 Å². The molecule has 1 nitrogen and oxygen atoms in total. The normalized spacial score (nSPS) is 23.6. The van der Waals surface area contributed by atoms with Crippen molar-refractivity contribution in [3.05, 3.63) is 29.3 Å². The Bertz CT molecular complexity index is 372. The fourth-order valence-corrected chi connectivity index (χ4v) is 2.72. The van der Waals surface area contributed by atoms with Crippen LogP contribution in [0.15, 0.2) is 18.2 Å². The van der Waals surface area contributed by atoms with E-state index in [1.165, 1.54) is 16.8 Å². The molecule has 0 bridgehead atoms. The summed E-state index contributed by atoms with van der Waals surface area (Å²) in [5.74, 6) is 1.20. The van der Waals surface area contributed by atoms with Crippen LogP contribution in [-0.4, -0.2) is 12.1 Å². The van der Waals surface area contributed by atoms with E-state index in [9.17, 15) is 0 Å². The fourth-order valence-electron chi connectivity index (χ4n) is 2.72. The lowest BCUT2D eigenvalue weighted by Crippen LogP contribution is -2.07. The highest BCUT2D eigenvalue weighted by molar-refractivity contribution is 5.67. The van der Waals surface area contributed by atoms with Crippen molar-refractivity contribution < 1.29 is 0 Å². The summed E-state index contributed by atoms with van der Waals surface area (Å²) in [6.07, 6.45) is 0. The highest BCUT2D eigenvalue weighted by atomic mass is 15.3. The topological polar surface area (TPSA) is 3.01 Å². The highest BCUT2D eigenvalue weighted by Crippen LogP contribution is 2.43. The first-order valence-corrected chi connectivity index (χ1v) is 6.86. The summed E-state index contributed by atoms with van der Waals surface area (Å²) in [7, 11) is 0. The lowest BCUT2D eigenvalue weighted by atomic mass is 9.92. The van der Waals surface area contributed by atoms with Gasteiger partial charge in [0.2, 0.25) is 0 Å². The van der Waals surface area contributed by atoms with Crippen molar-refractivity contribution in [3.63, 3.8) is 0 Å². The molecule has 94 valence electrons. The van der Waals surface area contributed by atoms with Gasteiger partial charge < -0.3 is 4.90 Å². The van der Waals surface area contributed by atoms with Crippen LogP contribution in [0.25, 0.3) is 0 Å². The number of benzene rings is 1. The maximum atomic E-state index is 2.57. The second-order valence-corrected chi connectivity index (χ2v) is 5.98. The first kappa shape index (κ1) is 12.5. The van der Waals surface area contributed by atoms with Crippen LogP contribution >= 0.6 is 0 Å². The molecule has 1 heterocycles. The van der Waals surface area contributed by atoms with E-state index in [-0.39, 0.29) is 0 Å². The van der Waals surface area contributed by atoms with Crippen LogP contribution in [0.2, 0.25) is 0 Å². The molecule has 0 radical (unpaired) electrons. The van der Waals surface area contributed by atoms with Crippen LogP contribution < -0.4 is 4.90 Å². The van der Waals surface area contributed by atoms with Gasteiger partial charge in [-0.1, -0.05) is 45.9 Å². The Labute approximate surface area is 106 Å². The van der Waals surface area contributed by atoms with Crippen molar-refractivity contribution in [2.24, 2.45) is 0 Å². The Morgan fingerprint density at radius 3 is 1.59 bits per heavy atom. The van der Waals surface area contributed by atoms with Crippen molar-refractivity contribution in [1.82, 2.24) is 0 Å².